The van der Waals surface area contributed by atoms with Gasteiger partial charge in [0.05, 0.1) is 16.9 Å². The molecule has 0 aliphatic heterocycles. The lowest BCUT2D eigenvalue weighted by Crippen LogP contribution is -2.19. The van der Waals surface area contributed by atoms with Gasteiger partial charge in [-0.15, -0.1) is 11.8 Å². The highest BCUT2D eigenvalue weighted by atomic mass is 35.5. The Bertz CT molecular complexity index is 1030. The standard InChI is InChI=1S/C20H16ClN3O4S/c21-18-4-2-1-3-15(18)12-29-13-20(25)23-22-11-17-9-10-19(28-17)14-5-7-16(8-6-14)24(26)27/h1-11H,12-13H2,(H,23,25)/b22-11+. The first-order chi connectivity index (χ1) is 14.0. The quantitative estimate of drug-likeness (QED) is 0.312. The molecule has 0 bridgehead atoms. The number of non-ortho nitro benzene ring substituents is 1. The van der Waals surface area contributed by atoms with E-state index in [1.165, 1.54) is 30.1 Å². The van der Waals surface area contributed by atoms with Crippen molar-refractivity contribution < 1.29 is 14.1 Å². The Hall–Kier alpha value is -3.10. The van der Waals surface area contributed by atoms with E-state index in [1.54, 1.807) is 24.3 Å². The minimum Gasteiger partial charge on any atom is -0.455 e. The van der Waals surface area contributed by atoms with Crippen molar-refractivity contribution in [2.75, 3.05) is 5.75 Å². The van der Waals surface area contributed by atoms with Crippen LogP contribution in [0.2, 0.25) is 5.02 Å². The summed E-state index contributed by atoms with van der Waals surface area (Å²) in [5.74, 6) is 1.63. The molecule has 0 atom stereocenters. The number of nitrogens with one attached hydrogen (secondary N) is 1. The fourth-order valence-electron chi connectivity index (χ4n) is 2.39. The van der Waals surface area contributed by atoms with Crippen LogP contribution < -0.4 is 5.43 Å². The first-order valence-electron chi connectivity index (χ1n) is 8.50. The number of hydrogen-bond acceptors (Lipinski definition) is 6. The second-order valence-corrected chi connectivity index (χ2v) is 7.28. The number of hydrogen-bond donors (Lipinski definition) is 1. The predicted molar refractivity (Wildman–Crippen MR) is 114 cm³/mol. The number of amides is 1. The van der Waals surface area contributed by atoms with E-state index in [1.807, 2.05) is 24.3 Å². The highest BCUT2D eigenvalue weighted by molar-refractivity contribution is 7.99. The van der Waals surface area contributed by atoms with Gasteiger partial charge in [-0.2, -0.15) is 5.10 Å². The molecule has 0 saturated carbocycles. The molecule has 0 aliphatic rings. The highest BCUT2D eigenvalue weighted by Gasteiger charge is 2.08. The second-order valence-electron chi connectivity index (χ2n) is 5.88. The topological polar surface area (TPSA) is 97.7 Å². The first-order valence-corrected chi connectivity index (χ1v) is 10.0. The molecule has 2 aromatic carbocycles. The summed E-state index contributed by atoms with van der Waals surface area (Å²) in [6, 6.07) is 17.0. The van der Waals surface area contributed by atoms with E-state index in [9.17, 15) is 14.9 Å². The number of halogens is 1. The van der Waals surface area contributed by atoms with Gasteiger partial charge >= 0.3 is 0 Å². The van der Waals surface area contributed by atoms with Gasteiger partial charge in [0.25, 0.3) is 5.69 Å². The van der Waals surface area contributed by atoms with Crippen LogP contribution in [0, 0.1) is 10.1 Å². The second kappa shape index (κ2) is 9.90. The molecular formula is C20H16ClN3O4S. The van der Waals surface area contributed by atoms with Gasteiger partial charge in [-0.1, -0.05) is 29.8 Å². The van der Waals surface area contributed by atoms with E-state index < -0.39 is 4.92 Å². The van der Waals surface area contributed by atoms with E-state index in [-0.39, 0.29) is 17.3 Å². The summed E-state index contributed by atoms with van der Waals surface area (Å²) in [7, 11) is 0. The first kappa shape index (κ1) is 20.6. The third kappa shape index (κ3) is 5.94. The number of thioether (sulfide) groups is 1. The molecule has 0 unspecified atom stereocenters. The summed E-state index contributed by atoms with van der Waals surface area (Å²) in [5.41, 5.74) is 4.13. The molecule has 3 aromatic rings. The zero-order valence-corrected chi connectivity index (χ0v) is 16.7. The van der Waals surface area contributed by atoms with Crippen molar-refractivity contribution in [3.63, 3.8) is 0 Å². The smallest absolute Gasteiger partial charge is 0.269 e. The third-order valence-electron chi connectivity index (χ3n) is 3.82. The molecular weight excluding hydrogens is 414 g/mol. The number of furan rings is 1. The number of nitro groups is 1. The molecule has 0 fully saturated rings. The van der Waals surface area contributed by atoms with Gasteiger partial charge in [0.1, 0.15) is 11.5 Å². The fraction of sp³-hybridized carbons (Fsp3) is 0.100. The van der Waals surface area contributed by atoms with Crippen LogP contribution in [-0.4, -0.2) is 22.8 Å². The Balaban J connectivity index is 1.47. The molecule has 9 heteroatoms. The SMILES string of the molecule is O=C(CSCc1ccccc1Cl)N/N=C/c1ccc(-c2ccc([N+](=O)[O-])cc2)o1. The largest absolute Gasteiger partial charge is 0.455 e. The van der Waals surface area contributed by atoms with E-state index >= 15 is 0 Å². The maximum Gasteiger partial charge on any atom is 0.269 e. The van der Waals surface area contributed by atoms with Crippen molar-refractivity contribution in [3.8, 4) is 11.3 Å². The normalized spacial score (nSPS) is 10.9. The van der Waals surface area contributed by atoms with E-state index in [4.69, 9.17) is 16.0 Å². The van der Waals surface area contributed by atoms with Crippen LogP contribution in [0.25, 0.3) is 11.3 Å². The molecule has 1 heterocycles. The Morgan fingerprint density at radius 1 is 1.17 bits per heavy atom. The summed E-state index contributed by atoms with van der Waals surface area (Å²) >= 11 is 7.52. The molecule has 0 spiro atoms. The molecule has 3 rings (SSSR count). The summed E-state index contributed by atoms with van der Waals surface area (Å²) < 4.78 is 5.61. The average Bonchev–Trinajstić information content (AvgIpc) is 3.18. The van der Waals surface area contributed by atoms with Gasteiger partial charge in [-0.05, 0) is 35.9 Å². The summed E-state index contributed by atoms with van der Waals surface area (Å²) in [6.45, 7) is 0. The van der Waals surface area contributed by atoms with Crippen LogP contribution in [0.4, 0.5) is 5.69 Å². The molecule has 0 radical (unpaired) electrons. The number of nitrogens with zero attached hydrogens (tertiary/aromatic N) is 2. The molecule has 0 aliphatic carbocycles. The predicted octanol–water partition coefficient (Wildman–Crippen LogP) is 4.89. The van der Waals surface area contributed by atoms with Crippen molar-refractivity contribution in [1.29, 1.82) is 0 Å². The molecule has 1 amide bonds. The Morgan fingerprint density at radius 2 is 1.93 bits per heavy atom. The Kier molecular flexibility index (Phi) is 7.04. The van der Waals surface area contributed by atoms with Crippen molar-refractivity contribution in [1.82, 2.24) is 5.43 Å². The minimum atomic E-state index is -0.459. The number of benzene rings is 2. The van der Waals surface area contributed by atoms with Gasteiger partial charge in [0.2, 0.25) is 5.91 Å². The minimum absolute atomic E-state index is 0.0113. The van der Waals surface area contributed by atoms with Gasteiger partial charge in [0.15, 0.2) is 0 Å². The number of nitro benzene ring substituents is 1. The van der Waals surface area contributed by atoms with Crippen molar-refractivity contribution >= 4 is 41.2 Å². The molecule has 0 saturated heterocycles. The van der Waals surface area contributed by atoms with E-state index in [0.717, 1.165) is 5.56 Å². The monoisotopic (exact) mass is 429 g/mol. The highest BCUT2D eigenvalue weighted by Crippen LogP contribution is 2.24. The van der Waals surface area contributed by atoms with Gasteiger partial charge in [0, 0.05) is 28.5 Å². The maximum absolute atomic E-state index is 11.9. The molecule has 29 heavy (non-hydrogen) atoms. The number of rotatable bonds is 8. The molecule has 7 nitrogen and oxygen atoms in total. The van der Waals surface area contributed by atoms with Gasteiger partial charge in [-0.25, -0.2) is 5.43 Å². The summed E-state index contributed by atoms with van der Waals surface area (Å²) in [5, 5.41) is 15.3. The zero-order chi connectivity index (χ0) is 20.6. The Morgan fingerprint density at radius 3 is 2.66 bits per heavy atom. The van der Waals surface area contributed by atoms with Crippen LogP contribution in [-0.2, 0) is 10.5 Å². The van der Waals surface area contributed by atoms with Crippen LogP contribution in [0.1, 0.15) is 11.3 Å². The molecule has 1 N–H and O–H groups in total. The van der Waals surface area contributed by atoms with Gasteiger partial charge < -0.3 is 4.42 Å². The zero-order valence-electron chi connectivity index (χ0n) is 15.1. The van der Waals surface area contributed by atoms with Crippen LogP contribution in [0.15, 0.2) is 70.2 Å². The third-order valence-corrected chi connectivity index (χ3v) is 5.17. The number of hydrazone groups is 1. The molecule has 148 valence electrons. The van der Waals surface area contributed by atoms with Crippen LogP contribution >= 0.6 is 23.4 Å². The lowest BCUT2D eigenvalue weighted by atomic mass is 10.1. The Labute approximate surface area is 175 Å². The number of carbonyl (C=O) groups is 1. The van der Waals surface area contributed by atoms with E-state index in [2.05, 4.69) is 10.5 Å². The summed E-state index contributed by atoms with van der Waals surface area (Å²) in [4.78, 5) is 22.1. The van der Waals surface area contributed by atoms with Gasteiger partial charge in [-0.3, -0.25) is 14.9 Å². The van der Waals surface area contributed by atoms with Crippen LogP contribution in [0.5, 0.6) is 0 Å². The lowest BCUT2D eigenvalue weighted by Gasteiger charge is -2.03. The fourth-order valence-corrected chi connectivity index (χ4v) is 3.50. The number of carbonyl (C=O) groups excluding carboxylic acids is 1. The van der Waals surface area contributed by atoms with Crippen molar-refractivity contribution in [2.45, 2.75) is 5.75 Å². The van der Waals surface area contributed by atoms with Crippen LogP contribution in [0.3, 0.4) is 0 Å². The average molecular weight is 430 g/mol. The summed E-state index contributed by atoms with van der Waals surface area (Å²) in [6.07, 6.45) is 1.39. The van der Waals surface area contributed by atoms with Crippen molar-refractivity contribution in [2.24, 2.45) is 5.10 Å². The van der Waals surface area contributed by atoms with E-state index in [0.29, 0.717) is 27.9 Å². The van der Waals surface area contributed by atoms with Crippen molar-refractivity contribution in [3.05, 3.63) is 87.1 Å². The molecule has 1 aromatic heterocycles. The lowest BCUT2D eigenvalue weighted by molar-refractivity contribution is -0.384. The maximum atomic E-state index is 11.9.